The molecule has 4 aliphatic rings. The quantitative estimate of drug-likeness (QED) is 0.296. The van der Waals surface area contributed by atoms with E-state index >= 15 is 0 Å². The van der Waals surface area contributed by atoms with Crippen molar-refractivity contribution in [1.29, 1.82) is 0 Å². The molecule has 2 aliphatic carbocycles. The Hall–Kier alpha value is -4.54. The zero-order valence-electron chi connectivity index (χ0n) is 21.5. The van der Waals surface area contributed by atoms with Crippen LogP contribution in [0.3, 0.4) is 0 Å². The Kier molecular flexibility index (Phi) is 5.02. The number of carbonyl (C=O) groups excluding carboxylic acids is 1. The lowest BCUT2D eigenvalue weighted by Gasteiger charge is -2.28. The fraction of sp³-hybridized carbons (Fsp3) is 0.267. The molecule has 1 amide bonds. The first-order valence-electron chi connectivity index (χ1n) is 13.4. The van der Waals surface area contributed by atoms with Crippen molar-refractivity contribution in [2.45, 2.75) is 37.6 Å². The Morgan fingerprint density at radius 2 is 1.88 bits per heavy atom. The van der Waals surface area contributed by atoms with Gasteiger partial charge in [-0.3, -0.25) is 18.9 Å². The van der Waals surface area contributed by atoms with Crippen LogP contribution in [0.2, 0.25) is 0 Å². The number of carbonyl (C=O) groups is 1. The number of hydrogen-bond donors (Lipinski definition) is 0. The predicted octanol–water partition coefficient (Wildman–Crippen LogP) is 5.69. The minimum Gasteiger partial charge on any atom is -0.329 e. The zero-order chi connectivity index (χ0) is 28.0. The summed E-state index contributed by atoms with van der Waals surface area (Å²) >= 11 is 0. The second-order valence-corrected chi connectivity index (χ2v) is 11.0. The van der Waals surface area contributed by atoms with Crippen molar-refractivity contribution < 1.29 is 22.4 Å². The fourth-order valence-electron chi connectivity index (χ4n) is 6.27. The van der Waals surface area contributed by atoms with Crippen molar-refractivity contribution in [2.24, 2.45) is 16.8 Å². The van der Waals surface area contributed by atoms with Crippen LogP contribution in [0, 0.1) is 11.8 Å². The number of alkyl halides is 3. The number of imidazole rings is 1. The van der Waals surface area contributed by atoms with Crippen LogP contribution in [0.15, 0.2) is 89.6 Å². The van der Waals surface area contributed by atoms with Crippen LogP contribution in [0.5, 0.6) is 0 Å². The molecule has 0 radical (unpaired) electrons. The summed E-state index contributed by atoms with van der Waals surface area (Å²) in [4.78, 5) is 24.9. The van der Waals surface area contributed by atoms with Crippen molar-refractivity contribution in [3.8, 4) is 11.3 Å². The maximum atomic E-state index is 14.3. The van der Waals surface area contributed by atoms with Crippen molar-refractivity contribution >= 4 is 17.3 Å². The van der Waals surface area contributed by atoms with Crippen LogP contribution in [0.1, 0.15) is 34.6 Å². The highest BCUT2D eigenvalue weighted by Gasteiger charge is 2.54. The molecule has 4 atom stereocenters. The van der Waals surface area contributed by atoms with E-state index in [1.807, 2.05) is 29.3 Å². The lowest BCUT2D eigenvalue weighted by molar-refractivity contribution is -0.137. The lowest BCUT2D eigenvalue weighted by Crippen LogP contribution is -2.41. The van der Waals surface area contributed by atoms with E-state index in [1.165, 1.54) is 16.8 Å². The van der Waals surface area contributed by atoms with Gasteiger partial charge in [0.1, 0.15) is 28.6 Å². The molecular weight excluding hydrogens is 536 g/mol. The largest absolute Gasteiger partial charge is 0.416 e. The van der Waals surface area contributed by atoms with Gasteiger partial charge in [-0.25, -0.2) is 9.37 Å². The third-order valence-corrected chi connectivity index (χ3v) is 8.39. The smallest absolute Gasteiger partial charge is 0.329 e. The van der Waals surface area contributed by atoms with Crippen LogP contribution in [-0.2, 0) is 12.7 Å². The van der Waals surface area contributed by atoms with E-state index in [-0.39, 0.29) is 41.1 Å². The topological polar surface area (TPSA) is 67.8 Å². The first kappa shape index (κ1) is 24.3. The SMILES string of the molecule is O=C(c1c(-c2ccccc2)nc2cc(C(F)(F)F)ccn12)N1[C@H](Cn2ccc(C3=NC=C(F)[C@@H]4C=C34)n2)C[C@@H]2C[C@@H]21. The summed E-state index contributed by atoms with van der Waals surface area (Å²) in [5.41, 5.74) is 2.64. The minimum absolute atomic E-state index is 0.0632. The minimum atomic E-state index is -4.53. The third kappa shape index (κ3) is 3.93. The molecule has 0 unspecified atom stereocenters. The van der Waals surface area contributed by atoms with Gasteiger partial charge >= 0.3 is 6.18 Å². The van der Waals surface area contributed by atoms with Crippen LogP contribution in [0.4, 0.5) is 17.6 Å². The highest BCUT2D eigenvalue weighted by molar-refractivity contribution is 6.16. The molecule has 2 aliphatic heterocycles. The molecule has 0 N–H and O–H groups in total. The highest BCUT2D eigenvalue weighted by Crippen LogP contribution is 2.49. The van der Waals surface area contributed by atoms with Crippen molar-refractivity contribution in [2.75, 3.05) is 0 Å². The number of hydrogen-bond acceptors (Lipinski definition) is 4. The van der Waals surface area contributed by atoms with Gasteiger partial charge in [-0.2, -0.15) is 18.3 Å². The molecular formula is C30H22F4N6O. The van der Waals surface area contributed by atoms with Gasteiger partial charge in [0.2, 0.25) is 0 Å². The monoisotopic (exact) mass is 558 g/mol. The predicted molar refractivity (Wildman–Crippen MR) is 142 cm³/mol. The average Bonchev–Trinajstić information content (AvgIpc) is 3.78. The molecule has 3 aromatic heterocycles. The van der Waals surface area contributed by atoms with Crippen LogP contribution in [-0.4, -0.2) is 47.8 Å². The Bertz CT molecular complexity index is 1830. The first-order valence-corrected chi connectivity index (χ1v) is 13.4. The average molecular weight is 559 g/mol. The van der Waals surface area contributed by atoms with E-state index in [0.29, 0.717) is 35.1 Å². The summed E-state index contributed by atoms with van der Waals surface area (Å²) in [6, 6.07) is 12.7. The number of benzene rings is 1. The molecule has 41 heavy (non-hydrogen) atoms. The van der Waals surface area contributed by atoms with Gasteiger partial charge in [0, 0.05) is 24.0 Å². The number of allylic oxidation sites excluding steroid dienone is 3. The number of amides is 1. The molecule has 5 heterocycles. The Morgan fingerprint density at radius 3 is 2.68 bits per heavy atom. The number of aliphatic imine (C=N–C) groups is 1. The Labute approximate surface area is 231 Å². The summed E-state index contributed by atoms with van der Waals surface area (Å²) in [5, 5.41) is 4.67. The highest BCUT2D eigenvalue weighted by atomic mass is 19.4. The van der Waals surface area contributed by atoms with Gasteiger partial charge in [0.15, 0.2) is 0 Å². The van der Waals surface area contributed by atoms with E-state index in [4.69, 9.17) is 0 Å². The number of rotatable bonds is 5. The molecule has 1 aromatic carbocycles. The van der Waals surface area contributed by atoms with Crippen molar-refractivity contribution in [1.82, 2.24) is 24.1 Å². The summed E-state index contributed by atoms with van der Waals surface area (Å²) in [5.74, 6) is -0.441. The maximum absolute atomic E-state index is 14.3. The lowest BCUT2D eigenvalue weighted by atomic mass is 10.1. The number of piperidine rings is 1. The number of pyridine rings is 1. The van der Waals surface area contributed by atoms with E-state index in [2.05, 4.69) is 15.1 Å². The molecule has 7 nitrogen and oxygen atoms in total. The van der Waals surface area contributed by atoms with E-state index in [9.17, 15) is 22.4 Å². The fourth-order valence-corrected chi connectivity index (χ4v) is 6.27. The molecule has 0 bridgehead atoms. The first-order chi connectivity index (χ1) is 19.8. The zero-order valence-corrected chi connectivity index (χ0v) is 21.5. The molecule has 0 spiro atoms. The van der Waals surface area contributed by atoms with E-state index < -0.39 is 11.7 Å². The maximum Gasteiger partial charge on any atom is 0.416 e. The number of fused-ring (bicyclic) bond motifs is 3. The van der Waals surface area contributed by atoms with Gasteiger partial charge in [-0.1, -0.05) is 36.4 Å². The molecule has 2 fully saturated rings. The van der Waals surface area contributed by atoms with Crippen LogP contribution >= 0.6 is 0 Å². The second kappa shape index (κ2) is 8.48. The number of halogens is 4. The number of aromatic nitrogens is 4. The molecule has 206 valence electrons. The Morgan fingerprint density at radius 1 is 1.05 bits per heavy atom. The normalized spacial score (nSPS) is 24.5. The molecule has 11 heteroatoms. The summed E-state index contributed by atoms with van der Waals surface area (Å²) in [6.07, 6.45) is 3.34. The number of nitrogens with zero attached hydrogens (tertiary/aromatic N) is 6. The van der Waals surface area contributed by atoms with Gasteiger partial charge in [0.25, 0.3) is 5.91 Å². The Balaban J connectivity index is 1.14. The number of likely N-dealkylation sites (tertiary alicyclic amines) is 1. The van der Waals surface area contributed by atoms with Gasteiger partial charge in [-0.05, 0) is 42.5 Å². The van der Waals surface area contributed by atoms with Gasteiger partial charge < -0.3 is 4.90 Å². The van der Waals surface area contributed by atoms with E-state index in [1.54, 1.807) is 28.9 Å². The van der Waals surface area contributed by atoms with Crippen LogP contribution < -0.4 is 0 Å². The summed E-state index contributed by atoms with van der Waals surface area (Å²) in [7, 11) is 0. The third-order valence-electron chi connectivity index (χ3n) is 8.39. The standard InChI is InChI=1S/C30H22F4N6O/c31-22-14-35-27(21-13-20(21)22)23-7-8-38(37-23)15-19-10-17-11-24(17)40(19)29(41)28-26(16-4-2-1-3-5-16)36-25-12-18(30(32,33)34)6-9-39(25)28/h1-9,12-14,17,19-20,24H,10-11,15H2/t17-,19+,20-,24+/m1/s1. The van der Waals surface area contributed by atoms with Gasteiger partial charge in [0.05, 0.1) is 36.0 Å². The summed E-state index contributed by atoms with van der Waals surface area (Å²) in [6.45, 7) is 0.453. The molecule has 1 saturated heterocycles. The van der Waals surface area contributed by atoms with Crippen molar-refractivity contribution in [3.05, 3.63) is 102 Å². The van der Waals surface area contributed by atoms with Crippen LogP contribution in [0.25, 0.3) is 16.9 Å². The van der Waals surface area contributed by atoms with Crippen molar-refractivity contribution in [3.63, 3.8) is 0 Å². The van der Waals surface area contributed by atoms with Gasteiger partial charge in [-0.15, -0.1) is 0 Å². The summed E-state index contributed by atoms with van der Waals surface area (Å²) < 4.78 is 57.4. The molecule has 8 rings (SSSR count). The second-order valence-electron chi connectivity index (χ2n) is 11.0. The van der Waals surface area contributed by atoms with E-state index in [0.717, 1.165) is 30.5 Å². The molecule has 4 aromatic rings. The molecule has 1 saturated carbocycles.